The van der Waals surface area contributed by atoms with E-state index in [1.54, 1.807) is 13.3 Å². The monoisotopic (exact) mass is 230 g/mol. The molecule has 88 valence electrons. The molecule has 0 unspecified atom stereocenters. The summed E-state index contributed by atoms with van der Waals surface area (Å²) in [6.07, 6.45) is 3.25. The molecule has 1 aromatic heterocycles. The van der Waals surface area contributed by atoms with E-state index in [0.29, 0.717) is 11.4 Å². The minimum absolute atomic E-state index is 0.538. The van der Waals surface area contributed by atoms with Crippen LogP contribution in [0.5, 0.6) is 5.75 Å². The topological polar surface area (TPSA) is 86.2 Å². The summed E-state index contributed by atoms with van der Waals surface area (Å²) in [4.78, 5) is 4.27. The number of nitrogens with one attached hydrogen (secondary N) is 1. The Kier molecular flexibility index (Phi) is 3.11. The summed E-state index contributed by atoms with van der Waals surface area (Å²) in [7, 11) is 1.61. The maximum Gasteiger partial charge on any atom is 0.145 e. The number of ether oxygens (including phenoxy) is 1. The Labute approximate surface area is 99.1 Å². The van der Waals surface area contributed by atoms with E-state index < -0.39 is 0 Å². The van der Waals surface area contributed by atoms with Crippen molar-refractivity contribution in [2.75, 3.05) is 7.11 Å². The fourth-order valence-electron chi connectivity index (χ4n) is 1.65. The molecule has 1 aromatic carbocycles. The zero-order valence-electron chi connectivity index (χ0n) is 9.47. The van der Waals surface area contributed by atoms with Gasteiger partial charge in [-0.3, -0.25) is 10.8 Å². The lowest BCUT2D eigenvalue weighted by molar-refractivity contribution is 0.419. The highest BCUT2D eigenvalue weighted by atomic mass is 16.5. The average molecular weight is 230 g/mol. The van der Waals surface area contributed by atoms with Crippen molar-refractivity contribution >= 4 is 16.6 Å². The van der Waals surface area contributed by atoms with Crippen LogP contribution in [0.15, 0.2) is 36.7 Å². The lowest BCUT2D eigenvalue weighted by Gasteiger charge is -2.08. The second-order valence-electron chi connectivity index (χ2n) is 3.52. The van der Waals surface area contributed by atoms with Crippen molar-refractivity contribution in [1.82, 2.24) is 10.4 Å². The lowest BCUT2D eigenvalue weighted by atomic mass is 10.1. The fourth-order valence-corrected chi connectivity index (χ4v) is 1.65. The third-order valence-electron chi connectivity index (χ3n) is 2.46. The van der Waals surface area contributed by atoms with E-state index in [1.807, 2.05) is 24.3 Å². The Balaban J connectivity index is 2.64. The number of rotatable bonds is 3. The van der Waals surface area contributed by atoms with Crippen molar-refractivity contribution in [2.24, 2.45) is 11.6 Å². The summed E-state index contributed by atoms with van der Waals surface area (Å²) in [5.41, 5.74) is 10.5. The fraction of sp³-hybridized carbons (Fsp3) is 0.0833. The lowest BCUT2D eigenvalue weighted by Crippen LogP contribution is -2.16. The van der Waals surface area contributed by atoms with E-state index in [2.05, 4.69) is 10.4 Å². The molecule has 1 heterocycles. The van der Waals surface area contributed by atoms with Crippen LogP contribution in [0.1, 0.15) is 5.56 Å². The van der Waals surface area contributed by atoms with Gasteiger partial charge < -0.3 is 15.9 Å². The molecule has 0 bridgehead atoms. The number of methoxy groups -OCH3 is 1. The summed E-state index contributed by atoms with van der Waals surface area (Å²) in [6, 6.07) is 7.59. The van der Waals surface area contributed by atoms with Crippen LogP contribution in [0.3, 0.4) is 0 Å². The van der Waals surface area contributed by atoms with Crippen molar-refractivity contribution < 1.29 is 4.74 Å². The number of hydrogen-bond acceptors (Lipinski definition) is 5. The molecule has 0 saturated heterocycles. The Bertz CT molecular complexity index is 565. The Morgan fingerprint density at radius 1 is 1.47 bits per heavy atom. The number of benzene rings is 1. The molecule has 2 aromatic rings. The summed E-state index contributed by atoms with van der Waals surface area (Å²) in [5, 5.41) is 0.968. The second-order valence-corrected chi connectivity index (χ2v) is 3.52. The van der Waals surface area contributed by atoms with E-state index in [9.17, 15) is 0 Å². The van der Waals surface area contributed by atoms with Crippen LogP contribution in [-0.4, -0.2) is 12.1 Å². The third-order valence-corrected chi connectivity index (χ3v) is 2.46. The van der Waals surface area contributed by atoms with Gasteiger partial charge in [-0.2, -0.15) is 0 Å². The largest absolute Gasteiger partial charge is 0.494 e. The number of hydrogen-bond donors (Lipinski definition) is 3. The van der Waals surface area contributed by atoms with E-state index in [1.165, 1.54) is 6.20 Å². The van der Waals surface area contributed by atoms with Crippen LogP contribution in [0.25, 0.3) is 16.6 Å². The van der Waals surface area contributed by atoms with Gasteiger partial charge in [0.15, 0.2) is 0 Å². The molecule has 0 atom stereocenters. The molecule has 0 amide bonds. The quantitative estimate of drug-likeness (QED) is 0.540. The van der Waals surface area contributed by atoms with Crippen molar-refractivity contribution in [2.45, 2.75) is 0 Å². The Morgan fingerprint density at radius 2 is 2.29 bits per heavy atom. The molecule has 0 spiro atoms. The minimum Gasteiger partial charge on any atom is -0.494 e. The molecule has 0 aliphatic rings. The normalized spacial score (nSPS) is 11.5. The standard InChI is InChI=1S/C12H14N4O/c1-17-11-6-9(10(13)7-16-14)5-8-3-2-4-15-12(8)11/h2-7,16H,13-14H2,1H3/b10-7-. The highest BCUT2D eigenvalue weighted by Crippen LogP contribution is 2.27. The molecule has 2 rings (SSSR count). The first-order valence-electron chi connectivity index (χ1n) is 5.11. The van der Waals surface area contributed by atoms with E-state index >= 15 is 0 Å². The van der Waals surface area contributed by atoms with Crippen molar-refractivity contribution in [3.63, 3.8) is 0 Å². The van der Waals surface area contributed by atoms with Crippen LogP contribution < -0.4 is 21.7 Å². The molecule has 0 aliphatic carbocycles. The van der Waals surface area contributed by atoms with Crippen molar-refractivity contribution in [1.29, 1.82) is 0 Å². The molecular formula is C12H14N4O. The van der Waals surface area contributed by atoms with E-state index in [-0.39, 0.29) is 0 Å². The molecule has 0 fully saturated rings. The zero-order valence-corrected chi connectivity index (χ0v) is 9.47. The third kappa shape index (κ3) is 2.14. The van der Waals surface area contributed by atoms with Gasteiger partial charge in [-0.1, -0.05) is 6.07 Å². The van der Waals surface area contributed by atoms with Crippen LogP contribution in [-0.2, 0) is 0 Å². The van der Waals surface area contributed by atoms with Crippen LogP contribution in [0.2, 0.25) is 0 Å². The number of pyridine rings is 1. The van der Waals surface area contributed by atoms with Crippen molar-refractivity contribution in [3.8, 4) is 5.75 Å². The van der Waals surface area contributed by atoms with Gasteiger partial charge in [0.05, 0.1) is 12.8 Å². The first-order chi connectivity index (χ1) is 8.26. The number of nitrogens with zero attached hydrogens (tertiary/aromatic N) is 1. The van der Waals surface area contributed by atoms with Crippen LogP contribution in [0.4, 0.5) is 0 Å². The van der Waals surface area contributed by atoms with Gasteiger partial charge in [0, 0.05) is 23.3 Å². The predicted molar refractivity (Wildman–Crippen MR) is 67.8 cm³/mol. The van der Waals surface area contributed by atoms with Crippen molar-refractivity contribution in [3.05, 3.63) is 42.2 Å². The highest BCUT2D eigenvalue weighted by Gasteiger charge is 2.06. The van der Waals surface area contributed by atoms with Gasteiger partial charge >= 0.3 is 0 Å². The summed E-state index contributed by atoms with van der Waals surface area (Å²) in [6.45, 7) is 0. The molecule has 0 aliphatic heterocycles. The van der Waals surface area contributed by atoms with Gasteiger partial charge in [0.25, 0.3) is 0 Å². The number of nitrogens with two attached hydrogens (primary N) is 2. The first-order valence-corrected chi connectivity index (χ1v) is 5.11. The second kappa shape index (κ2) is 4.71. The van der Waals surface area contributed by atoms with E-state index in [0.717, 1.165) is 16.5 Å². The Hall–Kier alpha value is -2.27. The molecule has 17 heavy (non-hydrogen) atoms. The maximum absolute atomic E-state index is 5.86. The average Bonchev–Trinajstić information content (AvgIpc) is 2.37. The molecule has 5 heteroatoms. The minimum atomic E-state index is 0.538. The maximum atomic E-state index is 5.86. The van der Waals surface area contributed by atoms with Crippen LogP contribution in [0, 0.1) is 0 Å². The highest BCUT2D eigenvalue weighted by molar-refractivity contribution is 5.88. The van der Waals surface area contributed by atoms with Gasteiger partial charge in [-0.05, 0) is 18.2 Å². The first kappa shape index (κ1) is 11.2. The van der Waals surface area contributed by atoms with Gasteiger partial charge in [0.2, 0.25) is 0 Å². The van der Waals surface area contributed by atoms with Gasteiger partial charge in [0.1, 0.15) is 11.3 Å². The predicted octanol–water partition coefficient (Wildman–Crippen LogP) is 0.964. The molecule has 0 saturated carbocycles. The molecule has 5 nitrogen and oxygen atoms in total. The van der Waals surface area contributed by atoms with Crippen LogP contribution >= 0.6 is 0 Å². The smallest absolute Gasteiger partial charge is 0.145 e. The number of aromatic nitrogens is 1. The van der Waals surface area contributed by atoms with E-state index in [4.69, 9.17) is 16.3 Å². The molecule has 0 radical (unpaired) electrons. The Morgan fingerprint density at radius 3 is 3.00 bits per heavy atom. The molecular weight excluding hydrogens is 216 g/mol. The SMILES string of the molecule is COc1cc(/C(N)=C/NN)cc2cccnc12. The summed E-state index contributed by atoms with van der Waals surface area (Å²) >= 11 is 0. The summed E-state index contributed by atoms with van der Waals surface area (Å²) in [5.74, 6) is 5.89. The van der Waals surface area contributed by atoms with Gasteiger partial charge in [-0.15, -0.1) is 0 Å². The number of fused-ring (bicyclic) bond motifs is 1. The van der Waals surface area contributed by atoms with Gasteiger partial charge in [-0.25, -0.2) is 0 Å². The molecule has 5 N–H and O–H groups in total. The zero-order chi connectivity index (χ0) is 12.3. The number of hydrazine groups is 1. The summed E-state index contributed by atoms with van der Waals surface area (Å²) < 4.78 is 5.30.